The molecular formula is C24H23F5N2OS. The highest BCUT2D eigenvalue weighted by Crippen LogP contribution is 2.49. The third kappa shape index (κ3) is 5.35. The molecule has 0 aliphatic carbocycles. The highest BCUT2D eigenvalue weighted by molar-refractivity contribution is 8.00. The molecule has 1 atom stereocenters. The predicted molar refractivity (Wildman–Crippen MR) is 118 cm³/mol. The predicted octanol–water partition coefficient (Wildman–Crippen LogP) is 7.15. The lowest BCUT2D eigenvalue weighted by atomic mass is 9.67. The number of aromatic nitrogens is 2. The minimum Gasteiger partial charge on any atom is -0.380 e. The van der Waals surface area contributed by atoms with Crippen LogP contribution in [0.1, 0.15) is 44.4 Å². The normalized spacial score (nSPS) is 14.7. The molecule has 3 rings (SSSR count). The van der Waals surface area contributed by atoms with Gasteiger partial charge in [0, 0.05) is 35.3 Å². The number of alkyl halides is 5. The van der Waals surface area contributed by atoms with Crippen molar-refractivity contribution in [3.63, 3.8) is 0 Å². The first-order valence-electron chi connectivity index (χ1n) is 10.00. The van der Waals surface area contributed by atoms with E-state index in [9.17, 15) is 27.1 Å². The first-order chi connectivity index (χ1) is 15.1. The van der Waals surface area contributed by atoms with Gasteiger partial charge in [-0.1, -0.05) is 56.8 Å². The SMILES string of the molecule is CC(F)(F)Sc1ccc(-c2ccc(C(O)(c3cncnc3)C(C)(C)C)c(C(F)(F)F)c2)cc1. The number of benzene rings is 2. The Labute approximate surface area is 193 Å². The van der Waals surface area contributed by atoms with E-state index in [1.165, 1.54) is 55.1 Å². The molecule has 1 aromatic heterocycles. The van der Waals surface area contributed by atoms with Gasteiger partial charge in [0.15, 0.2) is 0 Å². The topological polar surface area (TPSA) is 46.0 Å². The Bertz CT molecular complexity index is 1110. The first-order valence-corrected chi connectivity index (χ1v) is 10.8. The molecule has 3 aromatic rings. The van der Waals surface area contributed by atoms with Gasteiger partial charge in [0.1, 0.15) is 11.9 Å². The minimum atomic E-state index is -4.76. The van der Waals surface area contributed by atoms with Crippen LogP contribution in [0.5, 0.6) is 0 Å². The van der Waals surface area contributed by atoms with E-state index < -0.39 is 28.0 Å². The fourth-order valence-electron chi connectivity index (χ4n) is 3.67. The molecule has 0 radical (unpaired) electrons. The maximum absolute atomic E-state index is 14.2. The van der Waals surface area contributed by atoms with E-state index in [0.29, 0.717) is 22.2 Å². The Morgan fingerprint density at radius 2 is 1.30 bits per heavy atom. The molecule has 9 heteroatoms. The summed E-state index contributed by atoms with van der Waals surface area (Å²) in [5, 5.41) is 8.72. The van der Waals surface area contributed by atoms with Crippen molar-refractivity contribution in [3.05, 3.63) is 77.9 Å². The van der Waals surface area contributed by atoms with Crippen molar-refractivity contribution in [1.29, 1.82) is 0 Å². The summed E-state index contributed by atoms with van der Waals surface area (Å²) in [7, 11) is 0. The van der Waals surface area contributed by atoms with Crippen LogP contribution in [-0.2, 0) is 11.8 Å². The van der Waals surface area contributed by atoms with Gasteiger partial charge >= 0.3 is 6.18 Å². The fourth-order valence-corrected chi connectivity index (χ4v) is 4.36. The smallest absolute Gasteiger partial charge is 0.380 e. The maximum atomic E-state index is 14.2. The van der Waals surface area contributed by atoms with Crippen LogP contribution in [0.3, 0.4) is 0 Å². The lowest BCUT2D eigenvalue weighted by molar-refractivity contribution is -0.142. The molecule has 0 aliphatic rings. The average Bonchev–Trinajstić information content (AvgIpc) is 2.71. The zero-order chi connectivity index (χ0) is 24.7. The van der Waals surface area contributed by atoms with E-state index in [2.05, 4.69) is 9.97 Å². The van der Waals surface area contributed by atoms with E-state index in [1.807, 2.05) is 0 Å². The van der Waals surface area contributed by atoms with Gasteiger partial charge in [-0.05, 0) is 34.7 Å². The number of rotatable bonds is 5. The molecule has 0 saturated heterocycles. The largest absolute Gasteiger partial charge is 0.416 e. The Balaban J connectivity index is 2.16. The van der Waals surface area contributed by atoms with Gasteiger partial charge in [0.2, 0.25) is 0 Å². The Morgan fingerprint density at radius 1 is 0.758 bits per heavy atom. The van der Waals surface area contributed by atoms with Crippen LogP contribution >= 0.6 is 11.8 Å². The molecule has 0 fully saturated rings. The number of halogens is 5. The number of aliphatic hydroxyl groups is 1. The van der Waals surface area contributed by atoms with Crippen molar-refractivity contribution >= 4 is 11.8 Å². The molecule has 3 nitrogen and oxygen atoms in total. The van der Waals surface area contributed by atoms with Crippen molar-refractivity contribution in [2.24, 2.45) is 5.41 Å². The summed E-state index contributed by atoms with van der Waals surface area (Å²) in [6, 6.07) is 9.54. The summed E-state index contributed by atoms with van der Waals surface area (Å²) in [6.45, 7) is 5.67. The monoisotopic (exact) mass is 482 g/mol. The summed E-state index contributed by atoms with van der Waals surface area (Å²) in [6.07, 6.45) is -0.935. The second kappa shape index (κ2) is 8.68. The van der Waals surface area contributed by atoms with Gasteiger partial charge < -0.3 is 5.11 Å². The quantitative estimate of drug-likeness (QED) is 0.310. The Hall–Kier alpha value is -2.52. The lowest BCUT2D eigenvalue weighted by Gasteiger charge is -2.42. The summed E-state index contributed by atoms with van der Waals surface area (Å²) >= 11 is 0.360. The third-order valence-corrected chi connectivity index (χ3v) is 6.13. The molecule has 0 spiro atoms. The van der Waals surface area contributed by atoms with Crippen LogP contribution in [0.25, 0.3) is 11.1 Å². The molecular weight excluding hydrogens is 459 g/mol. The molecule has 0 amide bonds. The van der Waals surface area contributed by atoms with Crippen molar-refractivity contribution in [3.8, 4) is 11.1 Å². The van der Waals surface area contributed by atoms with E-state index >= 15 is 0 Å². The molecule has 33 heavy (non-hydrogen) atoms. The second-order valence-electron chi connectivity index (χ2n) is 8.78. The van der Waals surface area contributed by atoms with Gasteiger partial charge in [-0.25, -0.2) is 9.97 Å². The second-order valence-corrected chi connectivity index (χ2v) is 10.2. The highest BCUT2D eigenvalue weighted by Gasteiger charge is 2.49. The summed E-state index contributed by atoms with van der Waals surface area (Å²) in [5.74, 6) is 0. The number of hydrogen-bond acceptors (Lipinski definition) is 4. The molecule has 0 aliphatic heterocycles. The van der Waals surface area contributed by atoms with Crippen LogP contribution in [-0.4, -0.2) is 20.3 Å². The van der Waals surface area contributed by atoms with E-state index in [1.54, 1.807) is 20.8 Å². The van der Waals surface area contributed by atoms with Crippen LogP contribution in [0.15, 0.2) is 66.1 Å². The Morgan fingerprint density at radius 3 is 1.79 bits per heavy atom. The van der Waals surface area contributed by atoms with E-state index in [4.69, 9.17) is 0 Å². The van der Waals surface area contributed by atoms with Gasteiger partial charge in [-0.3, -0.25) is 0 Å². The molecule has 0 saturated carbocycles. The van der Waals surface area contributed by atoms with Gasteiger partial charge in [-0.15, -0.1) is 0 Å². The molecule has 0 bridgehead atoms. The standard InChI is InChI=1S/C24H23F5N2OS/c1-21(2,3)23(32,17-12-30-14-31-13-17)19-10-7-16(11-20(19)24(27,28)29)15-5-8-18(9-6-15)33-22(4,25)26/h5-14,32H,1-4H3. The van der Waals surface area contributed by atoms with Crippen LogP contribution in [0.2, 0.25) is 0 Å². The minimum absolute atomic E-state index is 0.137. The van der Waals surface area contributed by atoms with E-state index in [0.717, 1.165) is 13.0 Å². The molecule has 176 valence electrons. The van der Waals surface area contributed by atoms with Crippen LogP contribution < -0.4 is 0 Å². The first kappa shape index (κ1) is 25.1. The molecule has 1 unspecified atom stereocenters. The fraction of sp³-hybridized carbons (Fsp3) is 0.333. The Kier molecular flexibility index (Phi) is 6.61. The summed E-state index contributed by atoms with van der Waals surface area (Å²) < 4.78 is 69.0. The van der Waals surface area contributed by atoms with Crippen molar-refractivity contribution in [2.45, 2.75) is 49.6 Å². The maximum Gasteiger partial charge on any atom is 0.416 e. The van der Waals surface area contributed by atoms with Gasteiger partial charge in [0.25, 0.3) is 5.25 Å². The summed E-state index contributed by atoms with van der Waals surface area (Å²) in [5.41, 5.74) is -3.59. The number of thioether (sulfide) groups is 1. The molecule has 1 N–H and O–H groups in total. The number of nitrogens with zero attached hydrogens (tertiary/aromatic N) is 2. The average molecular weight is 483 g/mol. The zero-order valence-electron chi connectivity index (χ0n) is 18.4. The van der Waals surface area contributed by atoms with Crippen molar-refractivity contribution in [2.75, 3.05) is 0 Å². The molecule has 2 aromatic carbocycles. The molecule has 1 heterocycles. The lowest BCUT2D eigenvalue weighted by Crippen LogP contribution is -2.42. The summed E-state index contributed by atoms with van der Waals surface area (Å²) in [4.78, 5) is 8.04. The van der Waals surface area contributed by atoms with Gasteiger partial charge in [-0.2, -0.15) is 22.0 Å². The van der Waals surface area contributed by atoms with Crippen LogP contribution in [0, 0.1) is 5.41 Å². The van der Waals surface area contributed by atoms with Crippen LogP contribution in [0.4, 0.5) is 22.0 Å². The number of hydrogen-bond donors (Lipinski definition) is 1. The third-order valence-electron chi connectivity index (χ3n) is 5.26. The van der Waals surface area contributed by atoms with Crippen molar-refractivity contribution in [1.82, 2.24) is 9.97 Å². The van der Waals surface area contributed by atoms with E-state index in [-0.39, 0.29) is 16.7 Å². The van der Waals surface area contributed by atoms with Gasteiger partial charge in [0.05, 0.1) is 5.56 Å². The highest BCUT2D eigenvalue weighted by atomic mass is 32.2. The zero-order valence-corrected chi connectivity index (χ0v) is 19.2. The van der Waals surface area contributed by atoms with Crippen molar-refractivity contribution < 1.29 is 27.1 Å².